The molecule has 0 unspecified atom stereocenters. The third-order valence-electron chi connectivity index (χ3n) is 3.81. The van der Waals surface area contributed by atoms with Gasteiger partial charge in [0.05, 0.1) is 5.36 Å². The molecule has 24 heavy (non-hydrogen) atoms. The minimum Gasteiger partial charge on any atom is -0.462 e. The largest absolute Gasteiger partial charge is 0.462 e. The molecule has 7 heteroatoms. The van der Waals surface area contributed by atoms with Crippen molar-refractivity contribution < 1.29 is 9.21 Å². The van der Waals surface area contributed by atoms with Crippen molar-refractivity contribution in [3.05, 3.63) is 58.5 Å². The smallest absolute Gasteiger partial charge is 0.276 e. The molecule has 0 saturated heterocycles. The molecule has 1 atom stereocenters. The van der Waals surface area contributed by atoms with Crippen LogP contribution in [0, 0.1) is 6.92 Å². The number of nitrogens with one attached hydrogen (secondary N) is 1. The average molecular weight is 340 g/mol. The summed E-state index contributed by atoms with van der Waals surface area (Å²) in [5.74, 6) is 2.12. The number of carbonyl (C=O) groups excluding carboxylic acids is 1. The van der Waals surface area contributed by atoms with Crippen LogP contribution in [0.25, 0.3) is 5.70 Å². The fraction of sp³-hybridized carbons (Fsp3) is 0.235. The van der Waals surface area contributed by atoms with E-state index in [1.807, 2.05) is 50.2 Å². The van der Waals surface area contributed by atoms with Crippen molar-refractivity contribution in [2.24, 2.45) is 10.1 Å². The molecule has 1 aromatic carbocycles. The number of hydrazone groups is 1. The van der Waals surface area contributed by atoms with Crippen molar-refractivity contribution >= 4 is 28.5 Å². The first kappa shape index (κ1) is 15.0. The van der Waals surface area contributed by atoms with Crippen LogP contribution >= 0.6 is 11.8 Å². The van der Waals surface area contributed by atoms with Crippen molar-refractivity contribution in [1.29, 1.82) is 0 Å². The highest BCUT2D eigenvalue weighted by Crippen LogP contribution is 2.31. The fourth-order valence-electron chi connectivity index (χ4n) is 2.81. The monoisotopic (exact) mass is 340 g/mol. The van der Waals surface area contributed by atoms with Crippen LogP contribution in [0.3, 0.4) is 0 Å². The molecular formula is C17H16N4O2S. The van der Waals surface area contributed by atoms with Crippen molar-refractivity contribution in [2.75, 3.05) is 5.75 Å². The van der Waals surface area contributed by atoms with Gasteiger partial charge in [-0.3, -0.25) is 10.1 Å². The first-order chi connectivity index (χ1) is 11.7. The minimum absolute atomic E-state index is 0.170. The third kappa shape index (κ3) is 2.41. The van der Waals surface area contributed by atoms with Gasteiger partial charge in [0.25, 0.3) is 5.91 Å². The molecule has 0 aliphatic carbocycles. The molecule has 3 heterocycles. The summed E-state index contributed by atoms with van der Waals surface area (Å²) >= 11 is 1.49. The van der Waals surface area contributed by atoms with Crippen LogP contribution in [0.15, 0.2) is 50.9 Å². The van der Waals surface area contributed by atoms with Crippen molar-refractivity contribution in [3.63, 3.8) is 0 Å². The Morgan fingerprint density at radius 2 is 2.12 bits per heavy atom. The van der Waals surface area contributed by atoms with Gasteiger partial charge in [0.2, 0.25) is 6.17 Å². The van der Waals surface area contributed by atoms with Crippen LogP contribution in [0.2, 0.25) is 0 Å². The maximum Gasteiger partial charge on any atom is 0.276 e. The number of amidine groups is 1. The van der Waals surface area contributed by atoms with E-state index in [-0.39, 0.29) is 5.91 Å². The maximum absolute atomic E-state index is 12.7. The Bertz CT molecular complexity index is 963. The molecule has 122 valence electrons. The summed E-state index contributed by atoms with van der Waals surface area (Å²) in [7, 11) is 0. The van der Waals surface area contributed by atoms with Gasteiger partial charge in [0, 0.05) is 5.22 Å². The standard InChI is InChI=1S/C17H16N4O2S/c1-3-24-17-19-16(22)14-11-6-4-5-7-12(11)18-15(21(14)20-17)13-9-8-10(2)23-13/h4-9,15H,3H2,1-2H3,(H,19,20,22)/t15-/m0/s1. The lowest BCUT2D eigenvalue weighted by atomic mass is 10.1. The van der Waals surface area contributed by atoms with Crippen LogP contribution in [0.1, 0.15) is 24.6 Å². The van der Waals surface area contributed by atoms with Gasteiger partial charge in [-0.25, -0.2) is 10.0 Å². The molecule has 4 rings (SSSR count). The average Bonchev–Trinajstić information content (AvgIpc) is 3.00. The molecule has 6 nitrogen and oxygen atoms in total. The number of carbonyl (C=O) groups is 1. The van der Waals surface area contributed by atoms with E-state index in [9.17, 15) is 4.79 Å². The Hall–Kier alpha value is -2.54. The third-order valence-corrected chi connectivity index (χ3v) is 4.56. The van der Waals surface area contributed by atoms with Gasteiger partial charge in [0.15, 0.2) is 10.9 Å². The van der Waals surface area contributed by atoms with Crippen molar-refractivity contribution in [1.82, 2.24) is 10.3 Å². The van der Waals surface area contributed by atoms with E-state index in [1.54, 1.807) is 5.01 Å². The quantitative estimate of drug-likeness (QED) is 0.899. The number of para-hydroxylation sites is 1. The Morgan fingerprint density at radius 3 is 2.88 bits per heavy atom. The summed E-state index contributed by atoms with van der Waals surface area (Å²) in [4.78, 5) is 17.5. The SMILES string of the molecule is CCSC1=NN2C(=c3ccccc3=N[C@@H]2c2ccc(C)o2)C(=O)N1. The zero-order valence-corrected chi connectivity index (χ0v) is 14.1. The van der Waals surface area contributed by atoms with E-state index in [4.69, 9.17) is 9.41 Å². The summed E-state index contributed by atoms with van der Waals surface area (Å²) in [5, 5.41) is 11.2. The first-order valence-electron chi connectivity index (χ1n) is 7.73. The van der Waals surface area contributed by atoms with E-state index in [2.05, 4.69) is 10.4 Å². The van der Waals surface area contributed by atoms with Gasteiger partial charge in [-0.15, -0.1) is 5.10 Å². The first-order valence-corrected chi connectivity index (χ1v) is 8.71. The number of benzene rings is 1. The lowest BCUT2D eigenvalue weighted by Crippen LogP contribution is -2.50. The van der Waals surface area contributed by atoms with Gasteiger partial charge in [0.1, 0.15) is 11.5 Å². The van der Waals surface area contributed by atoms with Crippen LogP contribution < -0.4 is 15.9 Å². The van der Waals surface area contributed by atoms with Crippen LogP contribution in [0.4, 0.5) is 0 Å². The predicted molar refractivity (Wildman–Crippen MR) is 92.4 cm³/mol. The molecule has 1 N–H and O–H groups in total. The Kier molecular flexibility index (Phi) is 3.65. The topological polar surface area (TPSA) is 70.2 Å². The Labute approximate surface area is 142 Å². The zero-order chi connectivity index (χ0) is 16.7. The highest BCUT2D eigenvalue weighted by atomic mass is 32.2. The minimum atomic E-state index is -0.484. The predicted octanol–water partition coefficient (Wildman–Crippen LogP) is 1.48. The van der Waals surface area contributed by atoms with Crippen LogP contribution in [-0.4, -0.2) is 21.8 Å². The molecule has 1 aromatic heterocycles. The number of hydrogen-bond acceptors (Lipinski definition) is 6. The Balaban J connectivity index is 1.95. The van der Waals surface area contributed by atoms with Crippen molar-refractivity contribution in [3.8, 4) is 0 Å². The number of hydrogen-bond donors (Lipinski definition) is 1. The number of rotatable bonds is 2. The second-order valence-corrected chi connectivity index (χ2v) is 6.71. The van der Waals surface area contributed by atoms with Crippen LogP contribution in [0.5, 0.6) is 0 Å². The summed E-state index contributed by atoms with van der Waals surface area (Å²) in [6.07, 6.45) is -0.484. The van der Waals surface area contributed by atoms with Crippen molar-refractivity contribution in [2.45, 2.75) is 20.0 Å². The molecule has 2 aliphatic heterocycles. The molecule has 0 bridgehead atoms. The van der Waals surface area contributed by atoms with Gasteiger partial charge >= 0.3 is 0 Å². The lowest BCUT2D eigenvalue weighted by Gasteiger charge is -2.32. The van der Waals surface area contributed by atoms with Gasteiger partial charge < -0.3 is 4.42 Å². The van der Waals surface area contributed by atoms with Gasteiger partial charge in [-0.2, -0.15) is 0 Å². The molecule has 0 saturated carbocycles. The summed E-state index contributed by atoms with van der Waals surface area (Å²) in [6, 6.07) is 11.4. The molecule has 0 fully saturated rings. The van der Waals surface area contributed by atoms with E-state index in [0.717, 1.165) is 22.1 Å². The fourth-order valence-corrected chi connectivity index (χ4v) is 3.39. The second-order valence-electron chi connectivity index (χ2n) is 5.45. The molecule has 0 radical (unpaired) electrons. The summed E-state index contributed by atoms with van der Waals surface area (Å²) < 4.78 is 5.76. The molecular weight excluding hydrogens is 324 g/mol. The zero-order valence-electron chi connectivity index (χ0n) is 13.3. The highest BCUT2D eigenvalue weighted by Gasteiger charge is 2.35. The molecule has 2 aliphatic rings. The lowest BCUT2D eigenvalue weighted by molar-refractivity contribution is -0.116. The van der Waals surface area contributed by atoms with E-state index >= 15 is 0 Å². The van der Waals surface area contributed by atoms with Gasteiger partial charge in [-0.1, -0.05) is 36.9 Å². The van der Waals surface area contributed by atoms with E-state index in [0.29, 0.717) is 16.6 Å². The summed E-state index contributed by atoms with van der Waals surface area (Å²) in [5.41, 5.74) is 0.500. The number of amides is 1. The maximum atomic E-state index is 12.7. The van der Waals surface area contributed by atoms with Crippen LogP contribution in [-0.2, 0) is 4.79 Å². The Morgan fingerprint density at radius 1 is 1.29 bits per heavy atom. The molecule has 1 amide bonds. The highest BCUT2D eigenvalue weighted by molar-refractivity contribution is 8.13. The second kappa shape index (κ2) is 5.83. The number of furan rings is 1. The van der Waals surface area contributed by atoms with E-state index in [1.165, 1.54) is 11.8 Å². The number of fused-ring (bicyclic) bond motifs is 2. The van der Waals surface area contributed by atoms with Gasteiger partial charge in [-0.05, 0) is 30.9 Å². The number of nitrogens with zero attached hydrogens (tertiary/aromatic N) is 3. The molecule has 0 spiro atoms. The normalized spacial score (nSPS) is 19.2. The van der Waals surface area contributed by atoms with E-state index < -0.39 is 6.17 Å². The summed E-state index contributed by atoms with van der Waals surface area (Å²) in [6.45, 7) is 3.90. The molecule has 2 aromatic rings. The number of aryl methyl sites for hydroxylation is 1. The number of thioether (sulfide) groups is 1.